The minimum absolute atomic E-state index is 0.766. The zero-order valence-electron chi connectivity index (χ0n) is 12.4. The van der Waals surface area contributed by atoms with Crippen molar-refractivity contribution in [1.82, 2.24) is 0 Å². The second-order valence-electron chi connectivity index (χ2n) is 5.32. The highest BCUT2D eigenvalue weighted by Crippen LogP contribution is 2.24. The quantitative estimate of drug-likeness (QED) is 0.198. The van der Waals surface area contributed by atoms with Gasteiger partial charge in [0.2, 0.25) is 0 Å². The van der Waals surface area contributed by atoms with Gasteiger partial charge in [-0.1, -0.05) is 0 Å². The third kappa shape index (κ3) is 4.58. The lowest BCUT2D eigenvalue weighted by Crippen LogP contribution is -2.61. The number of carbonyl (C=O) groups is 1. The highest BCUT2D eigenvalue weighted by Gasteiger charge is 2.47. The van der Waals surface area contributed by atoms with Gasteiger partial charge in [0.05, 0.1) is 13.2 Å². The Morgan fingerprint density at radius 3 is 2.08 bits per heavy atom. The molecular formula is C12H22O12. The van der Waals surface area contributed by atoms with E-state index in [-0.39, 0.29) is 0 Å². The Balaban J connectivity index is 2.94. The van der Waals surface area contributed by atoms with Crippen LogP contribution in [0.3, 0.4) is 0 Å². The maximum atomic E-state index is 10.7. The van der Waals surface area contributed by atoms with E-state index in [9.17, 15) is 35.4 Å². The fourth-order valence-corrected chi connectivity index (χ4v) is 2.16. The highest BCUT2D eigenvalue weighted by molar-refractivity contribution is 5.72. The van der Waals surface area contributed by atoms with Gasteiger partial charge in [-0.3, -0.25) is 0 Å². The third-order valence-corrected chi connectivity index (χ3v) is 3.62. The SMILES string of the molecule is O=C(O)[C@H](O)[C@@H](O)[C@H](O[C@H]1OC(CO)[C@@H](O)C(O)C1O)[C@H](O)CO. The average Bonchev–Trinajstić information content (AvgIpc) is 2.57. The van der Waals surface area contributed by atoms with Gasteiger partial charge < -0.3 is 55.4 Å². The molecule has 0 aliphatic carbocycles. The Morgan fingerprint density at radius 1 is 1.04 bits per heavy atom. The fourth-order valence-electron chi connectivity index (χ4n) is 2.16. The molecular weight excluding hydrogens is 336 g/mol. The maximum absolute atomic E-state index is 10.7. The van der Waals surface area contributed by atoms with Gasteiger partial charge in [-0.05, 0) is 0 Å². The lowest BCUT2D eigenvalue weighted by Gasteiger charge is -2.42. The predicted molar refractivity (Wildman–Crippen MR) is 71.4 cm³/mol. The second-order valence-corrected chi connectivity index (χ2v) is 5.32. The van der Waals surface area contributed by atoms with Crippen molar-refractivity contribution in [2.45, 2.75) is 55.1 Å². The van der Waals surface area contributed by atoms with Crippen LogP contribution in [-0.2, 0) is 14.3 Å². The van der Waals surface area contributed by atoms with Crippen LogP contribution in [0.15, 0.2) is 0 Å². The molecule has 1 aliphatic heterocycles. The van der Waals surface area contributed by atoms with E-state index < -0.39 is 74.3 Å². The Kier molecular flexibility index (Phi) is 7.88. The molecule has 0 aromatic rings. The van der Waals surface area contributed by atoms with Crippen LogP contribution >= 0.6 is 0 Å². The number of hydrogen-bond acceptors (Lipinski definition) is 11. The molecule has 0 spiro atoms. The molecule has 1 aliphatic rings. The molecule has 1 fully saturated rings. The van der Waals surface area contributed by atoms with Crippen molar-refractivity contribution in [3.63, 3.8) is 0 Å². The summed E-state index contributed by atoms with van der Waals surface area (Å²) >= 11 is 0. The van der Waals surface area contributed by atoms with Gasteiger partial charge in [0, 0.05) is 0 Å². The molecule has 142 valence electrons. The van der Waals surface area contributed by atoms with Crippen LogP contribution in [0.25, 0.3) is 0 Å². The van der Waals surface area contributed by atoms with Crippen molar-refractivity contribution in [3.05, 3.63) is 0 Å². The lowest BCUT2D eigenvalue weighted by atomic mass is 9.98. The van der Waals surface area contributed by atoms with Crippen molar-refractivity contribution >= 4 is 5.97 Å². The summed E-state index contributed by atoms with van der Waals surface area (Å²) in [6, 6.07) is 0. The molecule has 0 amide bonds. The van der Waals surface area contributed by atoms with Crippen molar-refractivity contribution in [2.75, 3.05) is 13.2 Å². The van der Waals surface area contributed by atoms with Crippen LogP contribution in [0.5, 0.6) is 0 Å². The maximum Gasteiger partial charge on any atom is 0.335 e. The van der Waals surface area contributed by atoms with Crippen LogP contribution in [-0.4, -0.2) is 120 Å². The lowest BCUT2D eigenvalue weighted by molar-refractivity contribution is -0.326. The molecule has 0 radical (unpaired) electrons. The van der Waals surface area contributed by atoms with Gasteiger partial charge >= 0.3 is 5.97 Å². The van der Waals surface area contributed by atoms with Crippen molar-refractivity contribution in [1.29, 1.82) is 0 Å². The Labute approximate surface area is 135 Å². The first kappa shape index (κ1) is 21.1. The average molecular weight is 358 g/mol. The molecule has 12 nitrogen and oxygen atoms in total. The van der Waals surface area contributed by atoms with E-state index in [1.54, 1.807) is 0 Å². The largest absolute Gasteiger partial charge is 0.479 e. The molecule has 1 rings (SSSR count). The molecule has 9 atom stereocenters. The second kappa shape index (κ2) is 8.96. The number of carboxylic acid groups (broad SMARTS) is 1. The van der Waals surface area contributed by atoms with Crippen molar-refractivity contribution in [2.24, 2.45) is 0 Å². The first-order valence-electron chi connectivity index (χ1n) is 6.99. The van der Waals surface area contributed by atoms with Crippen LogP contribution in [0, 0.1) is 0 Å². The molecule has 1 heterocycles. The molecule has 0 bridgehead atoms. The molecule has 0 aromatic heterocycles. The molecule has 0 aromatic carbocycles. The summed E-state index contributed by atoms with van der Waals surface area (Å²) in [6.45, 7) is -1.76. The zero-order chi connectivity index (χ0) is 18.6. The van der Waals surface area contributed by atoms with Crippen molar-refractivity contribution < 1.29 is 60.2 Å². The number of hydrogen-bond donors (Lipinski definition) is 9. The van der Waals surface area contributed by atoms with Crippen LogP contribution < -0.4 is 0 Å². The van der Waals surface area contributed by atoms with Crippen LogP contribution in [0.1, 0.15) is 0 Å². The van der Waals surface area contributed by atoms with Gasteiger partial charge in [0.25, 0.3) is 0 Å². The van der Waals surface area contributed by atoms with Gasteiger partial charge in [0.15, 0.2) is 12.4 Å². The predicted octanol–water partition coefficient (Wildman–Crippen LogP) is -5.67. The summed E-state index contributed by atoms with van der Waals surface area (Å²) in [5.74, 6) is -1.84. The Hall–Kier alpha value is -0.930. The first-order valence-corrected chi connectivity index (χ1v) is 6.99. The van der Waals surface area contributed by atoms with Gasteiger partial charge in [0.1, 0.15) is 42.7 Å². The molecule has 1 saturated heterocycles. The summed E-state index contributed by atoms with van der Waals surface area (Å²) in [7, 11) is 0. The number of rotatable bonds is 8. The summed E-state index contributed by atoms with van der Waals surface area (Å²) in [6.07, 6.45) is -16.9. The Morgan fingerprint density at radius 2 is 1.62 bits per heavy atom. The van der Waals surface area contributed by atoms with Gasteiger partial charge in [-0.25, -0.2) is 4.79 Å². The van der Waals surface area contributed by atoms with E-state index in [1.807, 2.05) is 0 Å². The number of aliphatic hydroxyl groups is 8. The molecule has 0 saturated carbocycles. The van der Waals surface area contributed by atoms with E-state index in [4.69, 9.17) is 24.8 Å². The third-order valence-electron chi connectivity index (χ3n) is 3.62. The number of aliphatic carboxylic acids is 1. The van der Waals surface area contributed by atoms with Gasteiger partial charge in [-0.2, -0.15) is 0 Å². The minimum Gasteiger partial charge on any atom is -0.479 e. The summed E-state index contributed by atoms with van der Waals surface area (Å²) in [5.41, 5.74) is 0. The first-order chi connectivity index (χ1) is 11.1. The highest BCUT2D eigenvalue weighted by atomic mass is 16.7. The molecule has 3 unspecified atom stereocenters. The number of ether oxygens (including phenoxy) is 2. The van der Waals surface area contributed by atoms with E-state index in [0.29, 0.717) is 0 Å². The normalized spacial score (nSPS) is 35.9. The molecule has 24 heavy (non-hydrogen) atoms. The summed E-state index contributed by atoms with van der Waals surface area (Å²) < 4.78 is 9.98. The Bertz CT molecular complexity index is 403. The fraction of sp³-hybridized carbons (Fsp3) is 0.917. The number of aliphatic hydroxyl groups excluding tert-OH is 8. The van der Waals surface area contributed by atoms with Gasteiger partial charge in [-0.15, -0.1) is 0 Å². The topological polar surface area (TPSA) is 218 Å². The van der Waals surface area contributed by atoms with E-state index in [1.165, 1.54) is 0 Å². The van der Waals surface area contributed by atoms with E-state index >= 15 is 0 Å². The van der Waals surface area contributed by atoms with Crippen molar-refractivity contribution in [3.8, 4) is 0 Å². The molecule has 12 heteroatoms. The van der Waals surface area contributed by atoms with E-state index in [0.717, 1.165) is 0 Å². The monoisotopic (exact) mass is 358 g/mol. The van der Waals surface area contributed by atoms with E-state index in [2.05, 4.69) is 0 Å². The van der Waals surface area contributed by atoms with Crippen LogP contribution in [0.4, 0.5) is 0 Å². The smallest absolute Gasteiger partial charge is 0.335 e. The standard InChI is InChI=1S/C12H22O12/c13-1-3(15)10(7(18)8(19)11(21)22)24-12-9(20)6(17)5(16)4(2-14)23-12/h3-10,12-20H,1-2H2,(H,21,22)/t3-,4?,5-,6?,7-,8-,9?,10-,12-/m1/s1. The molecule has 9 N–H and O–H groups in total. The summed E-state index contributed by atoms with van der Waals surface area (Å²) in [4.78, 5) is 10.7. The summed E-state index contributed by atoms with van der Waals surface area (Å²) in [5, 5.41) is 84.5. The minimum atomic E-state index is -2.39. The van der Waals surface area contributed by atoms with Crippen LogP contribution in [0.2, 0.25) is 0 Å². The number of carboxylic acids is 1. The zero-order valence-corrected chi connectivity index (χ0v) is 12.4.